The van der Waals surface area contributed by atoms with E-state index < -0.39 is 8.07 Å². The molecule has 1 heteroatoms. The lowest BCUT2D eigenvalue weighted by molar-refractivity contribution is 0.824. The highest BCUT2D eigenvalue weighted by molar-refractivity contribution is 7.05. The molecule has 2 atom stereocenters. The van der Waals surface area contributed by atoms with Crippen molar-refractivity contribution in [2.75, 3.05) is 0 Å². The molecule has 3 rings (SSSR count). The van der Waals surface area contributed by atoms with E-state index in [4.69, 9.17) is 0 Å². The SMILES string of the molecule is C=C[C@@H]1CC[C@@H](C=C)[Si]1(c1ccccc1)c1ccccc1. The van der Waals surface area contributed by atoms with Crippen molar-refractivity contribution < 1.29 is 0 Å². The zero-order valence-electron chi connectivity index (χ0n) is 12.4. The summed E-state index contributed by atoms with van der Waals surface area (Å²) < 4.78 is 0. The van der Waals surface area contributed by atoms with Gasteiger partial charge in [-0.05, 0) is 23.9 Å². The lowest BCUT2D eigenvalue weighted by Gasteiger charge is -2.37. The second kappa shape index (κ2) is 5.86. The molecule has 0 saturated carbocycles. The first-order valence-electron chi connectivity index (χ1n) is 7.70. The zero-order valence-corrected chi connectivity index (χ0v) is 13.4. The van der Waals surface area contributed by atoms with Crippen LogP contribution in [0.15, 0.2) is 86.0 Å². The molecule has 2 aromatic carbocycles. The van der Waals surface area contributed by atoms with Gasteiger partial charge in [-0.3, -0.25) is 0 Å². The number of hydrogen-bond acceptors (Lipinski definition) is 0. The molecule has 0 radical (unpaired) electrons. The second-order valence-electron chi connectivity index (χ2n) is 5.86. The number of benzene rings is 2. The van der Waals surface area contributed by atoms with Crippen LogP contribution >= 0.6 is 0 Å². The Morgan fingerprint density at radius 2 is 1.10 bits per heavy atom. The van der Waals surface area contributed by atoms with Crippen molar-refractivity contribution >= 4 is 18.4 Å². The average Bonchev–Trinajstić information content (AvgIpc) is 2.95. The van der Waals surface area contributed by atoms with Crippen molar-refractivity contribution in [2.45, 2.75) is 23.9 Å². The van der Waals surface area contributed by atoms with Crippen LogP contribution in [0.3, 0.4) is 0 Å². The van der Waals surface area contributed by atoms with Crippen LogP contribution in [-0.4, -0.2) is 8.07 Å². The fraction of sp³-hybridized carbons (Fsp3) is 0.200. The van der Waals surface area contributed by atoms with Gasteiger partial charge in [0.05, 0.1) is 0 Å². The molecule has 1 aliphatic heterocycles. The maximum atomic E-state index is 4.16. The molecule has 0 unspecified atom stereocenters. The Hall–Kier alpha value is -1.86. The fourth-order valence-corrected chi connectivity index (χ4v) is 10.2. The van der Waals surface area contributed by atoms with Gasteiger partial charge in [0.2, 0.25) is 0 Å². The van der Waals surface area contributed by atoms with Crippen LogP contribution in [-0.2, 0) is 0 Å². The van der Waals surface area contributed by atoms with Gasteiger partial charge >= 0.3 is 0 Å². The molecule has 2 aromatic rings. The minimum Gasteiger partial charge on any atom is -0.103 e. The second-order valence-corrected chi connectivity index (χ2v) is 10.2. The molecular formula is C20H22Si. The van der Waals surface area contributed by atoms with E-state index in [1.807, 2.05) is 0 Å². The van der Waals surface area contributed by atoms with E-state index in [9.17, 15) is 0 Å². The van der Waals surface area contributed by atoms with E-state index in [1.54, 1.807) is 0 Å². The van der Waals surface area contributed by atoms with Crippen LogP contribution in [0.1, 0.15) is 12.8 Å². The monoisotopic (exact) mass is 290 g/mol. The Balaban J connectivity index is 2.28. The highest BCUT2D eigenvalue weighted by atomic mass is 28.3. The van der Waals surface area contributed by atoms with Gasteiger partial charge in [0.25, 0.3) is 0 Å². The van der Waals surface area contributed by atoms with Crippen LogP contribution in [0.2, 0.25) is 11.1 Å². The minimum absolute atomic E-state index is 0.588. The summed E-state index contributed by atoms with van der Waals surface area (Å²) in [5, 5.41) is 3.03. The normalized spacial score (nSPS) is 23.6. The summed E-state index contributed by atoms with van der Waals surface area (Å²) in [5.41, 5.74) is 1.18. The fourth-order valence-electron chi connectivity index (χ4n) is 4.15. The standard InChI is InChI=1S/C20H22Si/c1-3-17-15-16-18(4-2)21(17,19-11-7-5-8-12-19)20-13-9-6-10-14-20/h3-14,17-18H,1-2,15-16H2/t17-,18-/m1/s1. The maximum Gasteiger partial charge on any atom is 0.131 e. The Bertz CT molecular complexity index is 557. The molecule has 106 valence electrons. The van der Waals surface area contributed by atoms with Crippen molar-refractivity contribution in [3.8, 4) is 0 Å². The van der Waals surface area contributed by atoms with Crippen molar-refractivity contribution in [1.29, 1.82) is 0 Å². The molecule has 1 heterocycles. The third-order valence-electron chi connectivity index (χ3n) is 5.03. The van der Waals surface area contributed by atoms with Crippen molar-refractivity contribution in [1.82, 2.24) is 0 Å². The third-order valence-corrected chi connectivity index (χ3v) is 11.0. The van der Waals surface area contributed by atoms with Gasteiger partial charge in [-0.2, -0.15) is 0 Å². The van der Waals surface area contributed by atoms with Crippen molar-refractivity contribution in [2.24, 2.45) is 0 Å². The Morgan fingerprint density at radius 1 is 0.714 bits per heavy atom. The minimum atomic E-state index is -1.88. The molecule has 0 N–H and O–H groups in total. The molecule has 0 aliphatic carbocycles. The highest BCUT2D eigenvalue weighted by Gasteiger charge is 2.52. The molecule has 0 aromatic heterocycles. The smallest absolute Gasteiger partial charge is 0.103 e. The van der Waals surface area contributed by atoms with E-state index in [-0.39, 0.29) is 0 Å². The molecule has 21 heavy (non-hydrogen) atoms. The molecule has 0 amide bonds. The first-order chi connectivity index (χ1) is 10.3. The van der Waals surface area contributed by atoms with E-state index in [1.165, 1.54) is 23.2 Å². The largest absolute Gasteiger partial charge is 0.131 e. The Morgan fingerprint density at radius 3 is 1.43 bits per heavy atom. The van der Waals surface area contributed by atoms with E-state index in [2.05, 4.69) is 86.0 Å². The van der Waals surface area contributed by atoms with Gasteiger partial charge in [-0.15, -0.1) is 13.2 Å². The van der Waals surface area contributed by atoms with Gasteiger partial charge in [-0.1, -0.05) is 83.2 Å². The van der Waals surface area contributed by atoms with Crippen LogP contribution < -0.4 is 10.4 Å². The summed E-state index contributed by atoms with van der Waals surface area (Å²) in [7, 11) is -1.88. The lowest BCUT2D eigenvalue weighted by atomic mass is 10.2. The third kappa shape index (κ3) is 2.13. The van der Waals surface area contributed by atoms with Crippen LogP contribution in [0.4, 0.5) is 0 Å². The zero-order chi connectivity index (χ0) is 14.7. The molecular weight excluding hydrogens is 268 g/mol. The summed E-state index contributed by atoms with van der Waals surface area (Å²) >= 11 is 0. The first kappa shape index (κ1) is 14.1. The van der Waals surface area contributed by atoms with E-state index in [0.717, 1.165) is 0 Å². The summed E-state index contributed by atoms with van der Waals surface area (Å²) in [4.78, 5) is 0. The Labute approximate surface area is 128 Å². The number of hydrogen-bond donors (Lipinski definition) is 0. The van der Waals surface area contributed by atoms with Gasteiger partial charge in [0.15, 0.2) is 0 Å². The first-order valence-corrected chi connectivity index (χ1v) is 9.85. The van der Waals surface area contributed by atoms with Crippen molar-refractivity contribution in [3.63, 3.8) is 0 Å². The van der Waals surface area contributed by atoms with E-state index >= 15 is 0 Å². The molecule has 0 spiro atoms. The number of allylic oxidation sites excluding steroid dienone is 2. The van der Waals surface area contributed by atoms with Crippen LogP contribution in [0.25, 0.3) is 0 Å². The molecule has 1 fully saturated rings. The lowest BCUT2D eigenvalue weighted by Crippen LogP contribution is -2.61. The van der Waals surface area contributed by atoms with Gasteiger partial charge < -0.3 is 0 Å². The average molecular weight is 290 g/mol. The Kier molecular flexibility index (Phi) is 3.93. The summed E-state index contributed by atoms with van der Waals surface area (Å²) in [6, 6.07) is 22.2. The highest BCUT2D eigenvalue weighted by Crippen LogP contribution is 2.47. The quantitative estimate of drug-likeness (QED) is 0.586. The maximum absolute atomic E-state index is 4.16. The molecule has 0 nitrogen and oxygen atoms in total. The topological polar surface area (TPSA) is 0 Å². The molecule has 1 aliphatic rings. The summed E-state index contributed by atoms with van der Waals surface area (Å²) in [5.74, 6) is 0. The predicted molar refractivity (Wildman–Crippen MR) is 95.0 cm³/mol. The van der Waals surface area contributed by atoms with Gasteiger partial charge in [0.1, 0.15) is 8.07 Å². The molecule has 0 bridgehead atoms. The van der Waals surface area contributed by atoms with E-state index in [0.29, 0.717) is 11.1 Å². The van der Waals surface area contributed by atoms with Crippen LogP contribution in [0.5, 0.6) is 0 Å². The van der Waals surface area contributed by atoms with Crippen molar-refractivity contribution in [3.05, 3.63) is 86.0 Å². The number of rotatable bonds is 4. The predicted octanol–water partition coefficient (Wildman–Crippen LogP) is 4.16. The molecule has 1 saturated heterocycles. The summed E-state index contributed by atoms with van der Waals surface area (Å²) in [6.45, 7) is 8.32. The van der Waals surface area contributed by atoms with Gasteiger partial charge in [-0.25, -0.2) is 0 Å². The van der Waals surface area contributed by atoms with Gasteiger partial charge in [0, 0.05) is 0 Å². The summed E-state index contributed by atoms with van der Waals surface area (Å²) in [6.07, 6.45) is 6.87. The van der Waals surface area contributed by atoms with Crippen LogP contribution in [0, 0.1) is 0 Å².